The van der Waals surface area contributed by atoms with Crippen LogP contribution in [0.4, 0.5) is 0 Å². The molecule has 1 aliphatic heterocycles. The minimum Gasteiger partial charge on any atom is -0.486 e. The van der Waals surface area contributed by atoms with Gasteiger partial charge in [0.05, 0.1) is 24.3 Å². The number of methoxy groups -OCH3 is 1. The Morgan fingerprint density at radius 2 is 2.00 bits per heavy atom. The van der Waals surface area contributed by atoms with E-state index in [1.54, 1.807) is 38.1 Å². The van der Waals surface area contributed by atoms with Gasteiger partial charge in [-0.3, -0.25) is 0 Å². The molecule has 0 saturated carbocycles. The van der Waals surface area contributed by atoms with E-state index in [4.69, 9.17) is 18.9 Å². The molecule has 0 atom stereocenters. The van der Waals surface area contributed by atoms with Gasteiger partial charge in [-0.25, -0.2) is 4.79 Å². The molecule has 0 saturated heterocycles. The lowest BCUT2D eigenvalue weighted by atomic mass is 9.97. The predicted molar refractivity (Wildman–Crippen MR) is 102 cm³/mol. The van der Waals surface area contributed by atoms with Gasteiger partial charge in [0.1, 0.15) is 18.6 Å². The van der Waals surface area contributed by atoms with Gasteiger partial charge in [-0.15, -0.1) is 0 Å². The number of benzene rings is 2. The largest absolute Gasteiger partial charge is 0.486 e. The second kappa shape index (κ2) is 7.65. The molecular formula is C22H21NO5. The standard InChI is InChI=1S/C22H21NO5/c1-14-5-6-20(17(7-14)11-23)15-8-16(21(24)25-4)10-18(9-15)26-12-19-13-27-22(2,3)28-19/h5-10,13H,12H2,1-4H3. The molecule has 0 unspecified atom stereocenters. The third-order valence-corrected chi connectivity index (χ3v) is 4.17. The second-order valence-corrected chi connectivity index (χ2v) is 6.89. The summed E-state index contributed by atoms with van der Waals surface area (Å²) in [6, 6.07) is 12.8. The summed E-state index contributed by atoms with van der Waals surface area (Å²) in [5.74, 6) is -0.209. The molecule has 0 bridgehead atoms. The molecule has 0 amide bonds. The molecule has 144 valence electrons. The van der Waals surface area contributed by atoms with E-state index in [1.165, 1.54) is 13.4 Å². The Morgan fingerprint density at radius 3 is 2.64 bits per heavy atom. The van der Waals surface area contributed by atoms with Gasteiger partial charge >= 0.3 is 5.97 Å². The molecule has 6 nitrogen and oxygen atoms in total. The van der Waals surface area contributed by atoms with Crippen molar-refractivity contribution in [2.24, 2.45) is 0 Å². The van der Waals surface area contributed by atoms with Gasteiger partial charge in [-0.05, 0) is 47.9 Å². The van der Waals surface area contributed by atoms with E-state index in [-0.39, 0.29) is 6.61 Å². The highest BCUT2D eigenvalue weighted by atomic mass is 16.7. The van der Waals surface area contributed by atoms with Crippen LogP contribution in [0.3, 0.4) is 0 Å². The summed E-state index contributed by atoms with van der Waals surface area (Å²) in [5, 5.41) is 9.48. The Morgan fingerprint density at radius 1 is 1.21 bits per heavy atom. The summed E-state index contributed by atoms with van der Waals surface area (Å²) in [6.45, 7) is 5.66. The fraction of sp³-hybridized carbons (Fsp3) is 0.273. The molecule has 6 heteroatoms. The van der Waals surface area contributed by atoms with Crippen LogP contribution in [0.25, 0.3) is 11.1 Å². The first kappa shape index (κ1) is 19.3. The van der Waals surface area contributed by atoms with Crippen LogP contribution in [0.5, 0.6) is 5.75 Å². The van der Waals surface area contributed by atoms with E-state index in [0.29, 0.717) is 33.8 Å². The minimum absolute atomic E-state index is 0.145. The molecule has 28 heavy (non-hydrogen) atoms. The third kappa shape index (κ3) is 4.26. The Bertz CT molecular complexity index is 985. The van der Waals surface area contributed by atoms with Crippen LogP contribution in [0.15, 0.2) is 48.4 Å². The number of nitrogens with zero attached hydrogens (tertiary/aromatic N) is 1. The van der Waals surface area contributed by atoms with Crippen LogP contribution >= 0.6 is 0 Å². The average Bonchev–Trinajstić information content (AvgIpc) is 3.04. The lowest BCUT2D eigenvalue weighted by molar-refractivity contribution is -0.119. The molecule has 0 aromatic heterocycles. The van der Waals surface area contributed by atoms with Crippen LogP contribution in [0.1, 0.15) is 35.3 Å². The molecule has 3 rings (SSSR count). The van der Waals surface area contributed by atoms with Crippen LogP contribution in [0.2, 0.25) is 0 Å². The lowest BCUT2D eigenvalue weighted by Crippen LogP contribution is -2.21. The zero-order valence-electron chi connectivity index (χ0n) is 16.2. The van der Waals surface area contributed by atoms with Crippen molar-refractivity contribution in [2.45, 2.75) is 26.6 Å². The maximum atomic E-state index is 12.1. The first-order valence-corrected chi connectivity index (χ1v) is 8.74. The SMILES string of the molecule is COC(=O)c1cc(OCC2=COC(C)(C)O2)cc(-c2ccc(C)cc2C#N)c1. The van der Waals surface area contributed by atoms with Crippen molar-refractivity contribution >= 4 is 5.97 Å². The van der Waals surface area contributed by atoms with E-state index in [0.717, 1.165) is 5.56 Å². The third-order valence-electron chi connectivity index (χ3n) is 4.17. The Kier molecular flexibility index (Phi) is 5.27. The molecule has 2 aromatic carbocycles. The molecular weight excluding hydrogens is 358 g/mol. The molecule has 0 radical (unpaired) electrons. The van der Waals surface area contributed by atoms with E-state index in [1.807, 2.05) is 19.1 Å². The molecule has 0 fully saturated rings. The lowest BCUT2D eigenvalue weighted by Gasteiger charge is -2.18. The normalized spacial score (nSPS) is 14.3. The number of esters is 1. The van der Waals surface area contributed by atoms with Crippen LogP contribution in [0, 0.1) is 18.3 Å². The fourth-order valence-electron chi connectivity index (χ4n) is 2.87. The van der Waals surface area contributed by atoms with Crippen molar-refractivity contribution < 1.29 is 23.7 Å². The van der Waals surface area contributed by atoms with E-state index in [9.17, 15) is 10.1 Å². The van der Waals surface area contributed by atoms with Crippen molar-refractivity contribution in [3.63, 3.8) is 0 Å². The predicted octanol–water partition coefficient (Wildman–Crippen LogP) is 4.32. The van der Waals surface area contributed by atoms with Gasteiger partial charge in [0, 0.05) is 13.8 Å². The zero-order chi connectivity index (χ0) is 20.3. The van der Waals surface area contributed by atoms with Gasteiger partial charge in [0.2, 0.25) is 5.79 Å². The van der Waals surface area contributed by atoms with Crippen molar-refractivity contribution in [3.8, 4) is 22.9 Å². The summed E-state index contributed by atoms with van der Waals surface area (Å²) in [4.78, 5) is 12.1. The molecule has 1 heterocycles. The van der Waals surface area contributed by atoms with Gasteiger partial charge < -0.3 is 18.9 Å². The molecule has 0 N–H and O–H groups in total. The number of rotatable bonds is 5. The number of hydrogen-bond donors (Lipinski definition) is 0. The van der Waals surface area contributed by atoms with Gasteiger partial charge in [-0.1, -0.05) is 12.1 Å². The van der Waals surface area contributed by atoms with E-state index < -0.39 is 11.8 Å². The number of carbonyl (C=O) groups is 1. The summed E-state index contributed by atoms with van der Waals surface area (Å²) in [5.41, 5.74) is 3.23. The Balaban J connectivity index is 1.94. The van der Waals surface area contributed by atoms with Crippen molar-refractivity contribution in [2.75, 3.05) is 13.7 Å². The maximum absolute atomic E-state index is 12.1. The van der Waals surface area contributed by atoms with Crippen LogP contribution in [-0.2, 0) is 14.2 Å². The van der Waals surface area contributed by atoms with Crippen molar-refractivity contribution in [1.29, 1.82) is 5.26 Å². The molecule has 2 aromatic rings. The van der Waals surface area contributed by atoms with Gasteiger partial charge in [0.15, 0.2) is 5.76 Å². The highest BCUT2D eigenvalue weighted by molar-refractivity contribution is 5.92. The quantitative estimate of drug-likeness (QED) is 0.720. The topological polar surface area (TPSA) is 77.8 Å². The second-order valence-electron chi connectivity index (χ2n) is 6.89. The number of ether oxygens (including phenoxy) is 4. The highest BCUT2D eigenvalue weighted by Gasteiger charge is 2.27. The van der Waals surface area contributed by atoms with E-state index in [2.05, 4.69) is 6.07 Å². The summed E-state index contributed by atoms with van der Waals surface area (Å²) >= 11 is 0. The summed E-state index contributed by atoms with van der Waals surface area (Å²) in [6.07, 6.45) is 1.51. The highest BCUT2D eigenvalue weighted by Crippen LogP contribution is 2.31. The molecule has 1 aliphatic rings. The van der Waals surface area contributed by atoms with Crippen LogP contribution < -0.4 is 4.74 Å². The maximum Gasteiger partial charge on any atom is 0.338 e. The van der Waals surface area contributed by atoms with Gasteiger partial charge in [-0.2, -0.15) is 5.26 Å². The first-order chi connectivity index (χ1) is 13.3. The fourth-order valence-corrected chi connectivity index (χ4v) is 2.87. The summed E-state index contributed by atoms with van der Waals surface area (Å²) in [7, 11) is 1.32. The molecule has 0 aliphatic carbocycles. The zero-order valence-corrected chi connectivity index (χ0v) is 16.2. The van der Waals surface area contributed by atoms with Crippen LogP contribution in [-0.4, -0.2) is 25.5 Å². The monoisotopic (exact) mass is 379 g/mol. The summed E-state index contributed by atoms with van der Waals surface area (Å²) < 4.78 is 21.7. The van der Waals surface area contributed by atoms with Crippen molar-refractivity contribution in [3.05, 3.63) is 65.1 Å². The smallest absolute Gasteiger partial charge is 0.338 e. The molecule has 0 spiro atoms. The van der Waals surface area contributed by atoms with Gasteiger partial charge in [0.25, 0.3) is 0 Å². The number of aryl methyl sites for hydroxylation is 1. The average molecular weight is 379 g/mol. The minimum atomic E-state index is -0.721. The number of hydrogen-bond acceptors (Lipinski definition) is 6. The number of carbonyl (C=O) groups excluding carboxylic acids is 1. The van der Waals surface area contributed by atoms with E-state index >= 15 is 0 Å². The Labute approximate surface area is 163 Å². The number of nitriles is 1. The Hall–Kier alpha value is -3.46. The first-order valence-electron chi connectivity index (χ1n) is 8.74. The van der Waals surface area contributed by atoms with Crippen molar-refractivity contribution in [1.82, 2.24) is 0 Å².